The molecular formula is C27H21NS. The molecule has 1 aliphatic heterocycles. The van der Waals surface area contributed by atoms with Gasteiger partial charge in [0.2, 0.25) is 0 Å². The molecule has 1 aromatic heterocycles. The van der Waals surface area contributed by atoms with Crippen LogP contribution < -0.4 is 0 Å². The standard InChI is InChI=1S/C27H21NS/c1-29(2)24-11-4-3-9-22(24)23-15-14-20(17-25(23)29)21-10-5-7-18-12-13-19-8-6-16-28-27(19)26(18)21/h3-17H,1-2H3. The van der Waals surface area contributed by atoms with Crippen molar-refractivity contribution < 1.29 is 0 Å². The van der Waals surface area contributed by atoms with Crippen molar-refractivity contribution in [3.63, 3.8) is 0 Å². The second-order valence-corrected chi connectivity index (χ2v) is 11.6. The largest absolute Gasteiger partial charge is 0.256 e. The van der Waals surface area contributed by atoms with Crippen molar-refractivity contribution in [1.29, 1.82) is 0 Å². The van der Waals surface area contributed by atoms with Crippen LogP contribution in [0.3, 0.4) is 0 Å². The maximum atomic E-state index is 4.73. The fraction of sp³-hybridized carbons (Fsp3) is 0.0741. The average Bonchev–Trinajstić information content (AvgIpc) is 3.00. The van der Waals surface area contributed by atoms with Crippen molar-refractivity contribution in [3.05, 3.63) is 91.1 Å². The lowest BCUT2D eigenvalue weighted by Gasteiger charge is -2.28. The van der Waals surface area contributed by atoms with E-state index in [9.17, 15) is 0 Å². The molecule has 1 aliphatic rings. The maximum absolute atomic E-state index is 4.73. The summed E-state index contributed by atoms with van der Waals surface area (Å²) in [6.45, 7) is 0. The van der Waals surface area contributed by atoms with Crippen LogP contribution in [0.25, 0.3) is 43.9 Å². The van der Waals surface area contributed by atoms with Gasteiger partial charge in [-0.2, -0.15) is 10.0 Å². The number of pyridine rings is 1. The van der Waals surface area contributed by atoms with E-state index in [2.05, 4.69) is 91.4 Å². The summed E-state index contributed by atoms with van der Waals surface area (Å²) < 4.78 is 0. The van der Waals surface area contributed by atoms with Gasteiger partial charge < -0.3 is 0 Å². The number of hydrogen-bond donors (Lipinski definition) is 0. The van der Waals surface area contributed by atoms with Crippen molar-refractivity contribution in [2.45, 2.75) is 9.79 Å². The van der Waals surface area contributed by atoms with E-state index < -0.39 is 10.0 Å². The van der Waals surface area contributed by atoms with E-state index in [1.165, 1.54) is 48.2 Å². The molecule has 6 rings (SSSR count). The molecule has 4 aromatic carbocycles. The molecule has 0 radical (unpaired) electrons. The minimum atomic E-state index is -1.01. The predicted molar refractivity (Wildman–Crippen MR) is 126 cm³/mol. The van der Waals surface area contributed by atoms with Gasteiger partial charge in [0.25, 0.3) is 0 Å². The lowest BCUT2D eigenvalue weighted by atomic mass is 9.94. The second kappa shape index (κ2) is 5.95. The topological polar surface area (TPSA) is 12.9 Å². The van der Waals surface area contributed by atoms with E-state index >= 15 is 0 Å². The smallest absolute Gasteiger partial charge is 0.0786 e. The summed E-state index contributed by atoms with van der Waals surface area (Å²) >= 11 is 0. The Balaban J connectivity index is 1.65. The molecule has 0 bridgehead atoms. The average molecular weight is 392 g/mol. The SMILES string of the molecule is CS1(C)c2ccccc2-c2ccc(-c3cccc4ccc5cccnc5c34)cc21. The first-order chi connectivity index (χ1) is 14.1. The molecule has 5 aromatic rings. The monoisotopic (exact) mass is 391 g/mol. The Morgan fingerprint density at radius 2 is 1.38 bits per heavy atom. The Kier molecular flexibility index (Phi) is 3.45. The summed E-state index contributed by atoms with van der Waals surface area (Å²) in [6, 6.07) is 31.0. The van der Waals surface area contributed by atoms with Crippen LogP contribution in [-0.4, -0.2) is 17.5 Å². The van der Waals surface area contributed by atoms with E-state index in [-0.39, 0.29) is 0 Å². The van der Waals surface area contributed by atoms with Crippen LogP contribution in [0.15, 0.2) is 101 Å². The first kappa shape index (κ1) is 16.8. The summed E-state index contributed by atoms with van der Waals surface area (Å²) in [4.78, 5) is 7.72. The molecule has 0 spiro atoms. The Labute approximate surface area is 172 Å². The molecule has 140 valence electrons. The van der Waals surface area contributed by atoms with Crippen molar-refractivity contribution >= 4 is 31.7 Å². The van der Waals surface area contributed by atoms with Crippen LogP contribution in [0.4, 0.5) is 0 Å². The van der Waals surface area contributed by atoms with Crippen LogP contribution in [0.2, 0.25) is 0 Å². The minimum Gasteiger partial charge on any atom is -0.256 e. The summed E-state index contributed by atoms with van der Waals surface area (Å²) in [5.74, 6) is 0. The quantitative estimate of drug-likeness (QED) is 0.269. The molecular weight excluding hydrogens is 370 g/mol. The number of aromatic nitrogens is 1. The normalized spacial score (nSPS) is 15.2. The number of benzene rings is 4. The van der Waals surface area contributed by atoms with Gasteiger partial charge in [0, 0.05) is 26.8 Å². The summed E-state index contributed by atoms with van der Waals surface area (Å²) in [5.41, 5.74) is 6.42. The van der Waals surface area contributed by atoms with Gasteiger partial charge in [0.15, 0.2) is 0 Å². The van der Waals surface area contributed by atoms with E-state index in [1.807, 2.05) is 12.3 Å². The Morgan fingerprint density at radius 3 is 2.31 bits per heavy atom. The van der Waals surface area contributed by atoms with Crippen LogP contribution in [0.5, 0.6) is 0 Å². The second-order valence-electron chi connectivity index (χ2n) is 8.08. The number of nitrogens with zero attached hydrogens (tertiary/aromatic N) is 1. The minimum absolute atomic E-state index is 1.01. The highest BCUT2D eigenvalue weighted by molar-refractivity contribution is 8.33. The lowest BCUT2D eigenvalue weighted by Crippen LogP contribution is -1.93. The summed E-state index contributed by atoms with van der Waals surface area (Å²) in [5, 5.41) is 3.67. The van der Waals surface area contributed by atoms with E-state index in [1.54, 1.807) is 0 Å². The molecule has 0 amide bonds. The molecule has 0 aliphatic carbocycles. The van der Waals surface area contributed by atoms with Gasteiger partial charge in [-0.3, -0.25) is 4.98 Å². The Morgan fingerprint density at radius 1 is 0.621 bits per heavy atom. The van der Waals surface area contributed by atoms with Gasteiger partial charge in [-0.25, -0.2) is 0 Å². The first-order valence-electron chi connectivity index (χ1n) is 9.88. The van der Waals surface area contributed by atoms with Gasteiger partial charge in [0.05, 0.1) is 5.52 Å². The van der Waals surface area contributed by atoms with Gasteiger partial charge in [0.1, 0.15) is 0 Å². The molecule has 1 nitrogen and oxygen atoms in total. The Hall–Kier alpha value is -3.10. The zero-order chi connectivity index (χ0) is 19.6. The van der Waals surface area contributed by atoms with E-state index in [4.69, 9.17) is 4.98 Å². The van der Waals surface area contributed by atoms with Crippen LogP contribution >= 0.6 is 10.0 Å². The van der Waals surface area contributed by atoms with Crippen molar-refractivity contribution in [3.8, 4) is 22.3 Å². The highest BCUT2D eigenvalue weighted by Crippen LogP contribution is 2.67. The van der Waals surface area contributed by atoms with Crippen LogP contribution in [0.1, 0.15) is 0 Å². The van der Waals surface area contributed by atoms with E-state index in [0.717, 1.165) is 5.52 Å². The molecule has 0 unspecified atom stereocenters. The van der Waals surface area contributed by atoms with Crippen molar-refractivity contribution in [2.24, 2.45) is 0 Å². The number of hydrogen-bond acceptors (Lipinski definition) is 1. The molecule has 0 atom stereocenters. The lowest BCUT2D eigenvalue weighted by molar-refractivity contribution is 1.42. The predicted octanol–water partition coefficient (Wildman–Crippen LogP) is 7.52. The van der Waals surface area contributed by atoms with Gasteiger partial charge in [-0.05, 0) is 58.4 Å². The summed E-state index contributed by atoms with van der Waals surface area (Å²) in [6.07, 6.45) is 6.73. The maximum Gasteiger partial charge on any atom is 0.0786 e. The molecule has 0 saturated carbocycles. The van der Waals surface area contributed by atoms with Crippen molar-refractivity contribution in [2.75, 3.05) is 12.5 Å². The third-order valence-corrected chi connectivity index (χ3v) is 9.08. The van der Waals surface area contributed by atoms with Crippen molar-refractivity contribution in [1.82, 2.24) is 4.98 Å². The van der Waals surface area contributed by atoms with E-state index in [0.29, 0.717) is 0 Å². The fourth-order valence-electron chi connectivity index (χ4n) is 4.74. The molecule has 2 heteroatoms. The number of fused-ring (bicyclic) bond motifs is 6. The van der Waals surface area contributed by atoms with Crippen LogP contribution in [0, 0.1) is 0 Å². The van der Waals surface area contributed by atoms with Gasteiger partial charge in [-0.15, -0.1) is 0 Å². The highest BCUT2D eigenvalue weighted by atomic mass is 32.3. The highest BCUT2D eigenvalue weighted by Gasteiger charge is 2.31. The fourth-order valence-corrected chi connectivity index (χ4v) is 7.27. The summed E-state index contributed by atoms with van der Waals surface area (Å²) in [7, 11) is -1.01. The molecule has 0 fully saturated rings. The third kappa shape index (κ3) is 2.33. The zero-order valence-electron chi connectivity index (χ0n) is 16.5. The molecule has 0 N–H and O–H groups in total. The number of rotatable bonds is 1. The zero-order valence-corrected chi connectivity index (χ0v) is 17.3. The van der Waals surface area contributed by atoms with Gasteiger partial charge in [-0.1, -0.05) is 66.7 Å². The molecule has 29 heavy (non-hydrogen) atoms. The van der Waals surface area contributed by atoms with Gasteiger partial charge >= 0.3 is 0 Å². The molecule has 2 heterocycles. The Bertz CT molecular complexity index is 1430. The first-order valence-corrected chi connectivity index (χ1v) is 12.3. The third-order valence-electron chi connectivity index (χ3n) is 6.18. The van der Waals surface area contributed by atoms with Crippen LogP contribution in [-0.2, 0) is 0 Å². The molecule has 0 saturated heterocycles.